The van der Waals surface area contributed by atoms with E-state index in [-0.39, 0.29) is 5.56 Å². The van der Waals surface area contributed by atoms with Gasteiger partial charge in [-0.1, -0.05) is 17.9 Å². The fourth-order valence-corrected chi connectivity index (χ4v) is 2.47. The molecule has 1 aromatic carbocycles. The van der Waals surface area contributed by atoms with Gasteiger partial charge in [-0.2, -0.15) is 0 Å². The Morgan fingerprint density at radius 2 is 1.90 bits per heavy atom. The molecule has 0 aliphatic carbocycles. The molecule has 8 heteroatoms. The number of likely N-dealkylation sites (N-methyl/N-ethyl adjacent to an activating group) is 2. The Labute approximate surface area is 170 Å². The highest BCUT2D eigenvalue weighted by molar-refractivity contribution is 6.12. The van der Waals surface area contributed by atoms with Crippen molar-refractivity contribution in [1.82, 2.24) is 15.7 Å². The minimum absolute atomic E-state index is 0.272. The number of methoxy groups -OCH3 is 1. The summed E-state index contributed by atoms with van der Waals surface area (Å²) in [6.07, 6.45) is 5.55. The molecule has 0 spiro atoms. The van der Waals surface area contributed by atoms with Gasteiger partial charge in [0, 0.05) is 38.9 Å². The molecule has 0 saturated heterocycles. The van der Waals surface area contributed by atoms with Crippen molar-refractivity contribution in [2.45, 2.75) is 25.3 Å². The minimum Gasteiger partial charge on any atom is -0.385 e. The molecule has 0 unspecified atom stereocenters. The van der Waals surface area contributed by atoms with Gasteiger partial charge in [0.2, 0.25) is 0 Å². The summed E-state index contributed by atoms with van der Waals surface area (Å²) in [7, 11) is 4.31. The standard InChI is InChI=1S/C21H27N3O5/c1-21(19(26)22-2,20(27)23-28)24(3)18(25)17-13-11-16(12-14-17)10-8-6-5-7-9-15-29-4/h5-6,11-14,28H,7,9,15H2,1-4H3,(H,22,26)(H,23,27)/t21-/m0/s1. The maximum absolute atomic E-state index is 12.8. The summed E-state index contributed by atoms with van der Waals surface area (Å²) in [6.45, 7) is 1.95. The van der Waals surface area contributed by atoms with Crippen molar-refractivity contribution in [1.29, 1.82) is 0 Å². The molecular formula is C21H27N3O5. The predicted molar refractivity (Wildman–Crippen MR) is 108 cm³/mol. The first kappa shape index (κ1) is 23.9. The largest absolute Gasteiger partial charge is 0.385 e. The Bertz CT molecular complexity index is 790. The third-order valence-corrected chi connectivity index (χ3v) is 4.46. The molecule has 3 N–H and O–H groups in total. The molecule has 0 fully saturated rings. The Hall–Kier alpha value is -3.15. The first-order valence-electron chi connectivity index (χ1n) is 9.03. The van der Waals surface area contributed by atoms with E-state index in [0.29, 0.717) is 12.2 Å². The van der Waals surface area contributed by atoms with E-state index in [1.807, 2.05) is 6.08 Å². The second kappa shape index (κ2) is 11.6. The highest BCUT2D eigenvalue weighted by atomic mass is 16.5. The zero-order valence-corrected chi connectivity index (χ0v) is 17.1. The maximum atomic E-state index is 12.8. The Morgan fingerprint density at radius 1 is 1.24 bits per heavy atom. The molecule has 1 atom stereocenters. The smallest absolute Gasteiger partial charge is 0.278 e. The van der Waals surface area contributed by atoms with Crippen LogP contribution in [0.3, 0.4) is 0 Å². The number of ether oxygens (including phenoxy) is 1. The van der Waals surface area contributed by atoms with Crippen molar-refractivity contribution in [3.8, 4) is 11.8 Å². The van der Waals surface area contributed by atoms with Crippen molar-refractivity contribution >= 4 is 17.7 Å². The van der Waals surface area contributed by atoms with Crippen LogP contribution in [0.4, 0.5) is 0 Å². The number of hydroxylamine groups is 1. The molecule has 1 aromatic rings. The topological polar surface area (TPSA) is 108 Å². The van der Waals surface area contributed by atoms with Crippen LogP contribution in [0.25, 0.3) is 0 Å². The van der Waals surface area contributed by atoms with Gasteiger partial charge in [-0.25, -0.2) is 5.48 Å². The number of hydrogen-bond donors (Lipinski definition) is 3. The van der Waals surface area contributed by atoms with Crippen molar-refractivity contribution in [2.24, 2.45) is 0 Å². The van der Waals surface area contributed by atoms with E-state index in [1.165, 1.54) is 26.5 Å². The summed E-state index contributed by atoms with van der Waals surface area (Å²) in [5.74, 6) is 3.57. The van der Waals surface area contributed by atoms with Crippen molar-refractivity contribution in [3.05, 3.63) is 47.5 Å². The highest BCUT2D eigenvalue weighted by Crippen LogP contribution is 2.18. The predicted octanol–water partition coefficient (Wildman–Crippen LogP) is 1.10. The molecule has 156 valence electrons. The molecule has 0 aliphatic rings. The Balaban J connectivity index is 2.90. The molecule has 0 aliphatic heterocycles. The minimum atomic E-state index is -1.92. The zero-order valence-electron chi connectivity index (χ0n) is 17.1. The molecule has 0 aromatic heterocycles. The highest BCUT2D eigenvalue weighted by Gasteiger charge is 2.47. The summed E-state index contributed by atoms with van der Waals surface area (Å²) >= 11 is 0. The summed E-state index contributed by atoms with van der Waals surface area (Å²) in [5.41, 5.74) is 0.500. The number of nitrogens with one attached hydrogen (secondary N) is 2. The lowest BCUT2D eigenvalue weighted by molar-refractivity contribution is -0.148. The number of benzene rings is 1. The molecule has 0 saturated carbocycles. The van der Waals surface area contributed by atoms with Gasteiger partial charge in [0.25, 0.3) is 17.7 Å². The maximum Gasteiger partial charge on any atom is 0.278 e. The normalized spacial score (nSPS) is 12.4. The second-order valence-corrected chi connectivity index (χ2v) is 6.34. The number of amides is 3. The molecule has 0 heterocycles. The lowest BCUT2D eigenvalue weighted by Crippen LogP contribution is -2.64. The fourth-order valence-electron chi connectivity index (χ4n) is 2.47. The Kier molecular flexibility index (Phi) is 9.59. The van der Waals surface area contributed by atoms with Gasteiger partial charge < -0.3 is 15.0 Å². The van der Waals surface area contributed by atoms with E-state index < -0.39 is 23.3 Å². The van der Waals surface area contributed by atoms with Crippen LogP contribution in [0.1, 0.15) is 35.7 Å². The number of allylic oxidation sites excluding steroid dienone is 2. The van der Waals surface area contributed by atoms with Crippen LogP contribution in [0, 0.1) is 11.8 Å². The molecule has 3 amide bonds. The van der Waals surface area contributed by atoms with Crippen molar-refractivity contribution in [3.63, 3.8) is 0 Å². The molecule has 0 bridgehead atoms. The van der Waals surface area contributed by atoms with Crippen molar-refractivity contribution < 1.29 is 24.3 Å². The number of unbranched alkanes of at least 4 members (excludes halogenated alkanes) is 1. The van der Waals surface area contributed by atoms with Gasteiger partial charge in [0.15, 0.2) is 5.54 Å². The van der Waals surface area contributed by atoms with Gasteiger partial charge in [-0.3, -0.25) is 19.6 Å². The first-order chi connectivity index (χ1) is 13.8. The quantitative estimate of drug-likeness (QED) is 0.199. The fraction of sp³-hybridized carbons (Fsp3) is 0.381. The summed E-state index contributed by atoms with van der Waals surface area (Å²) in [5, 5.41) is 11.3. The molecule has 1 rings (SSSR count). The Morgan fingerprint density at radius 3 is 2.45 bits per heavy atom. The van der Waals surface area contributed by atoms with Crippen LogP contribution in [0.15, 0.2) is 36.4 Å². The third kappa shape index (κ3) is 6.17. The van der Waals surface area contributed by atoms with Crippen LogP contribution < -0.4 is 10.8 Å². The van der Waals surface area contributed by atoms with Gasteiger partial charge in [0.1, 0.15) is 0 Å². The van der Waals surface area contributed by atoms with Gasteiger partial charge in [-0.05, 0) is 50.1 Å². The molecular weight excluding hydrogens is 374 g/mol. The first-order valence-corrected chi connectivity index (χ1v) is 9.03. The number of rotatable bonds is 8. The number of nitrogens with zero attached hydrogens (tertiary/aromatic N) is 1. The van der Waals surface area contributed by atoms with E-state index in [1.54, 1.807) is 37.5 Å². The number of hydrogen-bond acceptors (Lipinski definition) is 5. The van der Waals surface area contributed by atoms with Crippen LogP contribution in [-0.4, -0.2) is 61.2 Å². The summed E-state index contributed by atoms with van der Waals surface area (Å²) in [6, 6.07) is 6.48. The lowest BCUT2D eigenvalue weighted by atomic mass is 9.96. The van der Waals surface area contributed by atoms with E-state index in [4.69, 9.17) is 9.94 Å². The van der Waals surface area contributed by atoms with Crippen LogP contribution in [0.5, 0.6) is 0 Å². The van der Waals surface area contributed by atoms with Gasteiger partial charge in [0.05, 0.1) is 0 Å². The SMILES string of the molecule is CNC(=O)[C@@](C)(C(=O)NO)N(C)C(=O)c1ccc(C#CC=CCCCOC)cc1. The van der Waals surface area contributed by atoms with Crippen molar-refractivity contribution in [2.75, 3.05) is 27.8 Å². The van der Waals surface area contributed by atoms with E-state index >= 15 is 0 Å². The summed E-state index contributed by atoms with van der Waals surface area (Å²) in [4.78, 5) is 38.0. The van der Waals surface area contributed by atoms with Crippen LogP contribution in [0.2, 0.25) is 0 Å². The molecule has 29 heavy (non-hydrogen) atoms. The molecule has 8 nitrogen and oxygen atoms in total. The van der Waals surface area contributed by atoms with Gasteiger partial charge in [-0.15, -0.1) is 0 Å². The van der Waals surface area contributed by atoms with Crippen LogP contribution in [-0.2, 0) is 14.3 Å². The van der Waals surface area contributed by atoms with E-state index in [0.717, 1.165) is 17.7 Å². The monoisotopic (exact) mass is 401 g/mol. The zero-order chi connectivity index (χ0) is 21.9. The van der Waals surface area contributed by atoms with E-state index in [9.17, 15) is 14.4 Å². The average Bonchev–Trinajstić information content (AvgIpc) is 2.76. The number of carbonyl (C=O) groups is 3. The van der Waals surface area contributed by atoms with Gasteiger partial charge >= 0.3 is 0 Å². The number of carbonyl (C=O) groups excluding carboxylic acids is 3. The third-order valence-electron chi connectivity index (χ3n) is 4.46. The van der Waals surface area contributed by atoms with Crippen LogP contribution >= 0.6 is 0 Å². The summed E-state index contributed by atoms with van der Waals surface area (Å²) < 4.78 is 4.97. The second-order valence-electron chi connectivity index (χ2n) is 6.34. The van der Waals surface area contributed by atoms with E-state index in [2.05, 4.69) is 17.2 Å². The molecule has 0 radical (unpaired) electrons. The average molecular weight is 401 g/mol. The lowest BCUT2D eigenvalue weighted by Gasteiger charge is -2.34.